The van der Waals surface area contributed by atoms with Gasteiger partial charge in [0.05, 0.1) is 24.4 Å². The molecule has 7 nitrogen and oxygen atoms in total. The van der Waals surface area contributed by atoms with Crippen LogP contribution < -0.4 is 15.6 Å². The van der Waals surface area contributed by atoms with Crippen molar-refractivity contribution in [3.05, 3.63) is 42.1 Å². The molecule has 1 atom stereocenters. The molecule has 0 saturated carbocycles. The lowest BCUT2D eigenvalue weighted by Gasteiger charge is -2.38. The van der Waals surface area contributed by atoms with E-state index in [4.69, 9.17) is 11.0 Å². The van der Waals surface area contributed by atoms with Crippen molar-refractivity contribution in [1.82, 2.24) is 9.99 Å². The number of hydrogen-bond donors (Lipinski definition) is 1. The number of aromatic nitrogens is 1. The van der Waals surface area contributed by atoms with Gasteiger partial charge >= 0.3 is 0 Å². The Morgan fingerprint density at radius 1 is 1.24 bits per heavy atom. The molecule has 1 aromatic heterocycles. The molecule has 7 heteroatoms. The monoisotopic (exact) mass is 335 g/mol. The summed E-state index contributed by atoms with van der Waals surface area (Å²) < 4.78 is 0. The van der Waals surface area contributed by atoms with Crippen LogP contribution in [0.3, 0.4) is 0 Å². The maximum absolute atomic E-state index is 8.97. The topological polar surface area (TPSA) is 84.8 Å². The first kappa shape index (κ1) is 15.7. The molecule has 1 saturated heterocycles. The third kappa shape index (κ3) is 2.85. The highest BCUT2D eigenvalue weighted by molar-refractivity contribution is 5.82. The molecule has 128 valence electrons. The number of allylic oxidation sites excluding steroid dienone is 1. The number of hydrazine groups is 1. The van der Waals surface area contributed by atoms with Crippen molar-refractivity contribution in [3.63, 3.8) is 0 Å². The fraction of sp³-hybridized carbons (Fsp3) is 0.389. The minimum absolute atomic E-state index is 0.322. The molecular weight excluding hydrogens is 314 g/mol. The van der Waals surface area contributed by atoms with E-state index in [1.807, 2.05) is 34.7 Å². The summed E-state index contributed by atoms with van der Waals surface area (Å²) in [5, 5.41) is 12.9. The summed E-state index contributed by atoms with van der Waals surface area (Å²) in [6, 6.07) is 4.22. The molecule has 25 heavy (non-hydrogen) atoms. The van der Waals surface area contributed by atoms with E-state index in [2.05, 4.69) is 27.0 Å². The van der Waals surface area contributed by atoms with Gasteiger partial charge in [0.1, 0.15) is 11.9 Å². The molecule has 0 amide bonds. The standard InChI is InChI=1S/C18H21N7/c19-6-4-14-11-22-18-10-17(20)25(24(18)13-14)16-12-21-7-5-15(16)23-8-2-1-3-9-23/h5,7,10-13,17H,1-4,8-9,20H2. The number of fused-ring (bicyclic) bond motifs is 1. The summed E-state index contributed by atoms with van der Waals surface area (Å²) >= 11 is 0. The first-order valence-electron chi connectivity index (χ1n) is 8.64. The molecule has 0 radical (unpaired) electrons. The van der Waals surface area contributed by atoms with Crippen molar-refractivity contribution >= 4 is 17.6 Å². The van der Waals surface area contributed by atoms with Crippen LogP contribution in [0.1, 0.15) is 25.7 Å². The van der Waals surface area contributed by atoms with Crippen LogP contribution in [-0.2, 0) is 0 Å². The van der Waals surface area contributed by atoms with Crippen LogP contribution in [0, 0.1) is 11.3 Å². The molecule has 3 aliphatic heterocycles. The van der Waals surface area contributed by atoms with E-state index in [-0.39, 0.29) is 6.17 Å². The highest BCUT2D eigenvalue weighted by Gasteiger charge is 2.33. The van der Waals surface area contributed by atoms with Crippen LogP contribution in [0.5, 0.6) is 0 Å². The Labute approximate surface area is 147 Å². The molecular formula is C18H21N7. The van der Waals surface area contributed by atoms with Gasteiger partial charge in [-0.05, 0) is 31.4 Å². The van der Waals surface area contributed by atoms with Crippen molar-refractivity contribution in [2.45, 2.75) is 31.8 Å². The Kier molecular flexibility index (Phi) is 4.12. The zero-order valence-corrected chi connectivity index (χ0v) is 14.0. The Morgan fingerprint density at radius 2 is 2.08 bits per heavy atom. The van der Waals surface area contributed by atoms with Crippen molar-refractivity contribution in [1.29, 1.82) is 5.26 Å². The highest BCUT2D eigenvalue weighted by atomic mass is 15.7. The van der Waals surface area contributed by atoms with Gasteiger partial charge in [0.15, 0.2) is 5.82 Å². The normalized spacial score (nSPS) is 22.4. The molecule has 0 aliphatic carbocycles. The highest BCUT2D eigenvalue weighted by Crippen LogP contribution is 2.37. The Balaban J connectivity index is 1.70. The summed E-state index contributed by atoms with van der Waals surface area (Å²) in [7, 11) is 0. The van der Waals surface area contributed by atoms with Gasteiger partial charge in [0, 0.05) is 37.3 Å². The molecule has 0 aromatic carbocycles. The van der Waals surface area contributed by atoms with Gasteiger partial charge in [-0.1, -0.05) is 0 Å². The maximum Gasteiger partial charge on any atom is 0.150 e. The van der Waals surface area contributed by atoms with Crippen LogP contribution in [0.2, 0.25) is 0 Å². The lowest BCUT2D eigenvalue weighted by atomic mass is 10.1. The third-order valence-electron chi connectivity index (χ3n) is 4.72. The Morgan fingerprint density at radius 3 is 2.88 bits per heavy atom. The molecule has 4 heterocycles. The number of rotatable bonds is 3. The van der Waals surface area contributed by atoms with Crippen molar-refractivity contribution in [3.8, 4) is 6.07 Å². The van der Waals surface area contributed by atoms with Gasteiger partial charge in [-0.3, -0.25) is 9.99 Å². The second-order valence-corrected chi connectivity index (χ2v) is 6.41. The number of anilines is 2. The summed E-state index contributed by atoms with van der Waals surface area (Å²) in [6.45, 7) is 2.10. The molecule has 0 bridgehead atoms. The number of nitriles is 1. The van der Waals surface area contributed by atoms with Crippen molar-refractivity contribution < 1.29 is 0 Å². The molecule has 2 N–H and O–H groups in total. The quantitative estimate of drug-likeness (QED) is 0.911. The number of nitrogens with two attached hydrogens (primary N) is 1. The van der Waals surface area contributed by atoms with Crippen molar-refractivity contribution in [2.24, 2.45) is 10.7 Å². The van der Waals surface area contributed by atoms with E-state index in [0.29, 0.717) is 6.42 Å². The minimum atomic E-state index is -0.322. The Bertz CT molecular complexity index is 783. The Hall–Kier alpha value is -2.85. The fourth-order valence-corrected chi connectivity index (χ4v) is 3.54. The number of hydrogen-bond acceptors (Lipinski definition) is 7. The zero-order valence-electron chi connectivity index (χ0n) is 14.0. The predicted molar refractivity (Wildman–Crippen MR) is 97.5 cm³/mol. The van der Waals surface area contributed by atoms with Gasteiger partial charge in [0.25, 0.3) is 0 Å². The third-order valence-corrected chi connectivity index (χ3v) is 4.72. The predicted octanol–water partition coefficient (Wildman–Crippen LogP) is 2.12. The lowest BCUT2D eigenvalue weighted by Crippen LogP contribution is -2.46. The van der Waals surface area contributed by atoms with E-state index in [1.54, 1.807) is 6.21 Å². The van der Waals surface area contributed by atoms with Gasteiger partial charge in [0.2, 0.25) is 0 Å². The average Bonchev–Trinajstić information content (AvgIpc) is 2.98. The summed E-state index contributed by atoms with van der Waals surface area (Å²) in [4.78, 5) is 11.2. The zero-order chi connectivity index (χ0) is 17.2. The SMILES string of the molecule is N#CCC1=CN2C(=CC(N)N2c2cnccc2N2CCCCC2)N=C1. The van der Waals surface area contributed by atoms with Crippen LogP contribution in [-0.4, -0.2) is 35.5 Å². The number of aliphatic imine (C=N–C) groups is 1. The fourth-order valence-electron chi connectivity index (χ4n) is 3.54. The summed E-state index contributed by atoms with van der Waals surface area (Å²) in [6.07, 6.45) is 13.0. The smallest absolute Gasteiger partial charge is 0.150 e. The molecule has 4 rings (SSSR count). The summed E-state index contributed by atoms with van der Waals surface area (Å²) in [5.74, 6) is 0.780. The lowest BCUT2D eigenvalue weighted by molar-refractivity contribution is 0.425. The van der Waals surface area contributed by atoms with Gasteiger partial charge in [-0.25, -0.2) is 10.0 Å². The number of pyridine rings is 1. The molecule has 3 aliphatic rings. The number of piperidine rings is 1. The van der Waals surface area contributed by atoms with E-state index < -0.39 is 0 Å². The maximum atomic E-state index is 8.97. The largest absolute Gasteiger partial charge is 0.370 e. The van der Waals surface area contributed by atoms with E-state index >= 15 is 0 Å². The average molecular weight is 335 g/mol. The van der Waals surface area contributed by atoms with Crippen LogP contribution in [0.25, 0.3) is 0 Å². The van der Waals surface area contributed by atoms with E-state index in [0.717, 1.165) is 35.9 Å². The molecule has 1 aromatic rings. The first-order valence-corrected chi connectivity index (χ1v) is 8.64. The second kappa shape index (κ2) is 6.57. The van der Waals surface area contributed by atoms with Crippen LogP contribution in [0.15, 0.2) is 47.1 Å². The van der Waals surface area contributed by atoms with Gasteiger partial charge < -0.3 is 10.6 Å². The van der Waals surface area contributed by atoms with Gasteiger partial charge in [-0.2, -0.15) is 5.26 Å². The second-order valence-electron chi connectivity index (χ2n) is 6.41. The summed E-state index contributed by atoms with van der Waals surface area (Å²) in [5.41, 5.74) is 9.35. The molecule has 1 fully saturated rings. The van der Waals surface area contributed by atoms with Crippen LogP contribution >= 0.6 is 0 Å². The van der Waals surface area contributed by atoms with Crippen molar-refractivity contribution in [2.75, 3.05) is 23.0 Å². The van der Waals surface area contributed by atoms with Crippen LogP contribution in [0.4, 0.5) is 11.4 Å². The minimum Gasteiger partial charge on any atom is -0.370 e. The first-order chi connectivity index (χ1) is 12.3. The molecule has 0 spiro atoms. The van der Waals surface area contributed by atoms with E-state index in [1.165, 1.54) is 19.3 Å². The molecule has 1 unspecified atom stereocenters. The van der Waals surface area contributed by atoms with Gasteiger partial charge in [-0.15, -0.1) is 0 Å². The van der Waals surface area contributed by atoms with E-state index in [9.17, 15) is 0 Å². The number of nitrogens with zero attached hydrogens (tertiary/aromatic N) is 6.